The Kier molecular flexibility index (Phi) is 7.64. The molecule has 0 aromatic heterocycles. The number of carboxylic acids is 1. The van der Waals surface area contributed by atoms with Gasteiger partial charge in [-0.2, -0.15) is 0 Å². The Morgan fingerprint density at radius 2 is 1.77 bits per heavy atom. The highest BCUT2D eigenvalue weighted by Crippen LogP contribution is 2.29. The second-order valence-electron chi connectivity index (χ2n) is 5.10. The monoisotopic (exact) mass is 575 g/mol. The van der Waals surface area contributed by atoms with Crippen LogP contribution in [0.4, 0.5) is 0 Å². The van der Waals surface area contributed by atoms with Crippen LogP contribution in [0.1, 0.15) is 15.9 Å². The second-order valence-corrected chi connectivity index (χ2v) is 7.42. The number of amides is 1. The number of hydrogen-bond donors (Lipinski definition) is 2. The molecule has 0 atom stereocenters. The molecule has 0 aliphatic heterocycles. The lowest BCUT2D eigenvalue weighted by Gasteiger charge is -2.11. The highest BCUT2D eigenvalue weighted by atomic mass is 127. The Hall–Kier alpha value is -1.88. The molecule has 0 radical (unpaired) electrons. The van der Waals surface area contributed by atoms with Crippen LogP contribution in [-0.2, 0) is 4.79 Å². The molecule has 2 rings (SSSR count). The average Bonchev–Trinajstić information content (AvgIpc) is 2.61. The van der Waals surface area contributed by atoms with E-state index in [0.29, 0.717) is 23.5 Å². The molecule has 7 heteroatoms. The maximum atomic E-state index is 12.2. The van der Waals surface area contributed by atoms with Crippen LogP contribution in [0, 0.1) is 7.14 Å². The predicted molar refractivity (Wildman–Crippen MR) is 117 cm³/mol. The van der Waals surface area contributed by atoms with Crippen LogP contribution < -0.4 is 10.1 Å². The summed E-state index contributed by atoms with van der Waals surface area (Å²) in [7, 11) is 0. The SMILES string of the molecule is C=CCOc1c(I)cc(C=C(NC(=O)c2ccccc2)C(=O)O)cc1I. The van der Waals surface area contributed by atoms with Gasteiger partial charge in [0.05, 0.1) is 7.14 Å². The zero-order chi connectivity index (χ0) is 19.1. The number of carbonyl (C=O) groups is 2. The van der Waals surface area contributed by atoms with Crippen molar-refractivity contribution in [3.63, 3.8) is 0 Å². The van der Waals surface area contributed by atoms with Gasteiger partial charge in [0.15, 0.2) is 0 Å². The number of rotatable bonds is 7. The zero-order valence-corrected chi connectivity index (χ0v) is 17.9. The van der Waals surface area contributed by atoms with Gasteiger partial charge in [-0.3, -0.25) is 4.79 Å². The third-order valence-corrected chi connectivity index (χ3v) is 4.79. The van der Waals surface area contributed by atoms with Crippen molar-refractivity contribution in [1.82, 2.24) is 5.32 Å². The molecular weight excluding hydrogens is 560 g/mol. The Bertz CT molecular complexity index is 840. The summed E-state index contributed by atoms with van der Waals surface area (Å²) >= 11 is 4.24. The fourth-order valence-electron chi connectivity index (χ4n) is 2.04. The molecule has 0 aliphatic rings. The highest BCUT2D eigenvalue weighted by Gasteiger charge is 2.14. The molecule has 0 unspecified atom stereocenters. The minimum atomic E-state index is -1.22. The van der Waals surface area contributed by atoms with Gasteiger partial charge in [-0.25, -0.2) is 4.79 Å². The van der Waals surface area contributed by atoms with Crippen LogP contribution in [0.25, 0.3) is 6.08 Å². The summed E-state index contributed by atoms with van der Waals surface area (Å²) in [5.74, 6) is -0.977. The Morgan fingerprint density at radius 1 is 1.15 bits per heavy atom. The summed E-state index contributed by atoms with van der Waals surface area (Å²) in [6.07, 6.45) is 3.08. The van der Waals surface area contributed by atoms with E-state index in [1.807, 2.05) is 0 Å². The number of aliphatic carboxylic acids is 1. The molecule has 2 N–H and O–H groups in total. The minimum absolute atomic E-state index is 0.204. The molecular formula is C19H15I2NO4. The first-order chi connectivity index (χ1) is 12.4. The fourth-order valence-corrected chi connectivity index (χ4v) is 4.17. The van der Waals surface area contributed by atoms with Crippen molar-refractivity contribution in [2.24, 2.45) is 0 Å². The summed E-state index contributed by atoms with van der Waals surface area (Å²) in [5.41, 5.74) is 0.831. The van der Waals surface area contributed by atoms with E-state index in [-0.39, 0.29) is 5.70 Å². The number of hydrogen-bond acceptors (Lipinski definition) is 3. The van der Waals surface area contributed by atoms with Gasteiger partial charge in [0.25, 0.3) is 5.91 Å². The molecule has 0 bridgehead atoms. The first kappa shape index (κ1) is 20.4. The van der Waals surface area contributed by atoms with Crippen LogP contribution in [0.5, 0.6) is 5.75 Å². The van der Waals surface area contributed by atoms with Crippen molar-refractivity contribution >= 4 is 63.1 Å². The maximum absolute atomic E-state index is 12.2. The molecule has 0 heterocycles. The first-order valence-corrected chi connectivity index (χ1v) is 9.62. The molecule has 5 nitrogen and oxygen atoms in total. The zero-order valence-electron chi connectivity index (χ0n) is 13.5. The Balaban J connectivity index is 2.30. The summed E-state index contributed by atoms with van der Waals surface area (Å²) in [6, 6.07) is 12.0. The summed E-state index contributed by atoms with van der Waals surface area (Å²) in [5, 5.41) is 11.9. The maximum Gasteiger partial charge on any atom is 0.352 e. The van der Waals surface area contributed by atoms with Crippen molar-refractivity contribution in [1.29, 1.82) is 0 Å². The lowest BCUT2D eigenvalue weighted by molar-refractivity contribution is -0.132. The van der Waals surface area contributed by atoms with Crippen LogP contribution in [0.15, 0.2) is 60.8 Å². The van der Waals surface area contributed by atoms with Crippen LogP contribution in [-0.4, -0.2) is 23.6 Å². The molecule has 26 heavy (non-hydrogen) atoms. The quantitative estimate of drug-likeness (QED) is 0.293. The van der Waals surface area contributed by atoms with Crippen molar-refractivity contribution in [3.8, 4) is 5.75 Å². The van der Waals surface area contributed by atoms with E-state index in [1.54, 1.807) is 48.5 Å². The lowest BCUT2D eigenvalue weighted by Crippen LogP contribution is -2.27. The van der Waals surface area contributed by atoms with Crippen molar-refractivity contribution < 1.29 is 19.4 Å². The Labute approximate surface area is 178 Å². The van der Waals surface area contributed by atoms with Crippen molar-refractivity contribution in [2.75, 3.05) is 6.61 Å². The van der Waals surface area contributed by atoms with Gasteiger partial charge in [-0.1, -0.05) is 30.9 Å². The number of benzene rings is 2. The summed E-state index contributed by atoms with van der Waals surface area (Å²) < 4.78 is 7.28. The molecule has 134 valence electrons. The largest absolute Gasteiger partial charge is 0.487 e. The molecule has 0 spiro atoms. The number of nitrogens with one attached hydrogen (secondary N) is 1. The number of carboxylic acid groups (broad SMARTS) is 1. The van der Waals surface area contributed by atoms with E-state index < -0.39 is 11.9 Å². The normalized spacial score (nSPS) is 10.9. The first-order valence-electron chi connectivity index (χ1n) is 7.46. The number of carbonyl (C=O) groups excluding carboxylic acids is 1. The molecule has 2 aromatic carbocycles. The van der Waals surface area contributed by atoms with E-state index in [4.69, 9.17) is 4.74 Å². The third-order valence-electron chi connectivity index (χ3n) is 3.19. The van der Waals surface area contributed by atoms with Crippen LogP contribution >= 0.6 is 45.2 Å². The molecule has 0 saturated carbocycles. The van der Waals surface area contributed by atoms with Gasteiger partial charge in [0.2, 0.25) is 0 Å². The van der Waals surface area contributed by atoms with Crippen molar-refractivity contribution in [3.05, 3.63) is 79.1 Å². The minimum Gasteiger partial charge on any atom is -0.487 e. The number of halogens is 2. The van der Waals surface area contributed by atoms with E-state index in [0.717, 1.165) is 7.14 Å². The third kappa shape index (κ3) is 5.56. The van der Waals surface area contributed by atoms with Crippen LogP contribution in [0.3, 0.4) is 0 Å². The van der Waals surface area contributed by atoms with Crippen molar-refractivity contribution in [2.45, 2.75) is 0 Å². The highest BCUT2D eigenvalue weighted by molar-refractivity contribution is 14.1. The van der Waals surface area contributed by atoms with E-state index in [2.05, 4.69) is 57.1 Å². The second kappa shape index (κ2) is 9.72. The van der Waals surface area contributed by atoms with E-state index in [9.17, 15) is 14.7 Å². The van der Waals surface area contributed by atoms with E-state index in [1.165, 1.54) is 6.08 Å². The standard InChI is InChI=1S/C19H15I2NO4/c1-2-8-26-17-14(20)9-12(10-15(17)21)11-16(19(24)25)22-18(23)13-6-4-3-5-7-13/h2-7,9-11H,1,8H2,(H,22,23)(H,24,25). The van der Waals surface area contributed by atoms with Gasteiger partial charge in [-0.15, -0.1) is 0 Å². The predicted octanol–water partition coefficient (Wildman–Crippen LogP) is 4.32. The smallest absolute Gasteiger partial charge is 0.352 e. The molecule has 0 aliphatic carbocycles. The molecule has 2 aromatic rings. The van der Waals surface area contributed by atoms with Crippen LogP contribution in [0.2, 0.25) is 0 Å². The Morgan fingerprint density at radius 3 is 2.31 bits per heavy atom. The van der Waals surface area contributed by atoms with Gasteiger partial charge in [-0.05, 0) is 81.1 Å². The molecule has 0 saturated heterocycles. The topological polar surface area (TPSA) is 75.6 Å². The number of ether oxygens (including phenoxy) is 1. The summed E-state index contributed by atoms with van der Waals surface area (Å²) in [4.78, 5) is 23.7. The fraction of sp³-hybridized carbons (Fsp3) is 0.0526. The summed E-state index contributed by atoms with van der Waals surface area (Å²) in [6.45, 7) is 4.00. The van der Waals surface area contributed by atoms with E-state index >= 15 is 0 Å². The van der Waals surface area contributed by atoms with Gasteiger partial charge >= 0.3 is 5.97 Å². The van der Waals surface area contributed by atoms with Gasteiger partial charge in [0.1, 0.15) is 18.1 Å². The van der Waals surface area contributed by atoms with Gasteiger partial charge < -0.3 is 15.2 Å². The molecule has 1 amide bonds. The molecule has 0 fully saturated rings. The lowest BCUT2D eigenvalue weighted by atomic mass is 10.1. The van der Waals surface area contributed by atoms with Gasteiger partial charge in [0, 0.05) is 5.56 Å². The average molecular weight is 575 g/mol.